The van der Waals surface area contributed by atoms with E-state index in [0.717, 1.165) is 23.1 Å². The SMILES string of the molecule is Cc1ccc(Cl)cc1N(Cc1ccc(C(=O)NCCc2ccccc2)cc1)S(=O)(=O)c1ccccc1. The van der Waals surface area contributed by atoms with Crippen LogP contribution in [0.1, 0.15) is 27.0 Å². The lowest BCUT2D eigenvalue weighted by atomic mass is 10.1. The lowest BCUT2D eigenvalue weighted by Gasteiger charge is -2.26. The Morgan fingerprint density at radius 2 is 1.47 bits per heavy atom. The molecular weight excluding hydrogens is 492 g/mol. The van der Waals surface area contributed by atoms with Crippen LogP contribution in [0.15, 0.2) is 108 Å². The zero-order chi connectivity index (χ0) is 25.5. The lowest BCUT2D eigenvalue weighted by molar-refractivity contribution is 0.0954. The summed E-state index contributed by atoms with van der Waals surface area (Å²) in [5.74, 6) is -0.170. The summed E-state index contributed by atoms with van der Waals surface area (Å²) in [4.78, 5) is 12.8. The predicted octanol–water partition coefficient (Wildman–Crippen LogP) is 6.02. The van der Waals surface area contributed by atoms with Gasteiger partial charge in [-0.05, 0) is 66.4 Å². The average molecular weight is 519 g/mol. The molecule has 4 rings (SSSR count). The zero-order valence-electron chi connectivity index (χ0n) is 19.9. The number of amides is 1. The lowest BCUT2D eigenvalue weighted by Crippen LogP contribution is -2.31. The Bertz CT molecular complexity index is 1420. The van der Waals surface area contributed by atoms with Crippen molar-refractivity contribution in [3.05, 3.63) is 130 Å². The van der Waals surface area contributed by atoms with E-state index in [1.165, 1.54) is 4.31 Å². The Balaban J connectivity index is 1.53. The molecule has 0 fully saturated rings. The van der Waals surface area contributed by atoms with Crippen molar-refractivity contribution >= 4 is 33.2 Å². The van der Waals surface area contributed by atoms with Gasteiger partial charge < -0.3 is 5.32 Å². The maximum atomic E-state index is 13.6. The Hall–Kier alpha value is -3.61. The number of nitrogens with one attached hydrogen (secondary N) is 1. The number of halogens is 1. The van der Waals surface area contributed by atoms with Crippen LogP contribution in [0.3, 0.4) is 0 Å². The van der Waals surface area contributed by atoms with Gasteiger partial charge in [0.15, 0.2) is 0 Å². The number of nitrogens with zero attached hydrogens (tertiary/aromatic N) is 1. The molecule has 0 saturated heterocycles. The molecule has 0 unspecified atom stereocenters. The van der Waals surface area contributed by atoms with E-state index < -0.39 is 10.0 Å². The van der Waals surface area contributed by atoms with Gasteiger partial charge in [-0.25, -0.2) is 8.42 Å². The first kappa shape index (κ1) is 25.5. The fourth-order valence-corrected chi connectivity index (χ4v) is 5.56. The van der Waals surface area contributed by atoms with Crippen LogP contribution in [0, 0.1) is 6.92 Å². The molecule has 0 aliphatic heterocycles. The number of benzene rings is 4. The molecule has 0 aliphatic carbocycles. The van der Waals surface area contributed by atoms with Crippen LogP contribution in [0.25, 0.3) is 0 Å². The minimum Gasteiger partial charge on any atom is -0.352 e. The summed E-state index contributed by atoms with van der Waals surface area (Å²) in [7, 11) is -3.86. The first-order valence-corrected chi connectivity index (χ1v) is 13.4. The number of carbonyl (C=O) groups excluding carboxylic acids is 1. The maximum Gasteiger partial charge on any atom is 0.264 e. The third-order valence-corrected chi connectivity index (χ3v) is 7.86. The van der Waals surface area contributed by atoms with Crippen LogP contribution in [0.4, 0.5) is 5.69 Å². The van der Waals surface area contributed by atoms with E-state index in [1.807, 2.05) is 37.3 Å². The molecule has 0 bridgehead atoms. The Labute approximate surface area is 217 Å². The molecule has 4 aromatic carbocycles. The van der Waals surface area contributed by atoms with Crippen molar-refractivity contribution in [3.8, 4) is 0 Å². The second-order valence-electron chi connectivity index (χ2n) is 8.44. The van der Waals surface area contributed by atoms with Gasteiger partial charge in [-0.3, -0.25) is 9.10 Å². The van der Waals surface area contributed by atoms with Crippen molar-refractivity contribution in [2.45, 2.75) is 24.8 Å². The van der Waals surface area contributed by atoms with Crippen LogP contribution in [-0.2, 0) is 23.0 Å². The number of hydrogen-bond acceptors (Lipinski definition) is 3. The number of rotatable bonds is 9. The molecule has 1 amide bonds. The molecule has 1 N–H and O–H groups in total. The molecular formula is C29H27ClN2O3S. The highest BCUT2D eigenvalue weighted by Gasteiger charge is 2.26. The van der Waals surface area contributed by atoms with Gasteiger partial charge in [0.2, 0.25) is 0 Å². The van der Waals surface area contributed by atoms with Crippen LogP contribution in [0.2, 0.25) is 5.02 Å². The molecule has 0 heterocycles. The van der Waals surface area contributed by atoms with Gasteiger partial charge in [-0.2, -0.15) is 0 Å². The zero-order valence-corrected chi connectivity index (χ0v) is 21.5. The molecule has 0 atom stereocenters. The summed E-state index contributed by atoms with van der Waals surface area (Å²) >= 11 is 6.23. The van der Waals surface area contributed by atoms with E-state index in [2.05, 4.69) is 5.32 Å². The summed E-state index contributed by atoms with van der Waals surface area (Å²) in [5.41, 5.74) is 3.71. The van der Waals surface area contributed by atoms with E-state index in [9.17, 15) is 13.2 Å². The monoisotopic (exact) mass is 518 g/mol. The highest BCUT2D eigenvalue weighted by atomic mass is 35.5. The molecule has 4 aromatic rings. The number of carbonyl (C=O) groups is 1. The van der Waals surface area contributed by atoms with E-state index >= 15 is 0 Å². The second kappa shape index (κ2) is 11.4. The van der Waals surface area contributed by atoms with Crippen molar-refractivity contribution in [3.63, 3.8) is 0 Å². The van der Waals surface area contributed by atoms with Gasteiger partial charge in [0.1, 0.15) is 0 Å². The van der Waals surface area contributed by atoms with Gasteiger partial charge >= 0.3 is 0 Å². The van der Waals surface area contributed by atoms with E-state index in [-0.39, 0.29) is 17.3 Å². The number of hydrogen-bond donors (Lipinski definition) is 1. The van der Waals surface area contributed by atoms with Crippen LogP contribution >= 0.6 is 11.6 Å². The Kier molecular flexibility index (Phi) is 8.08. The quantitative estimate of drug-likeness (QED) is 0.295. The molecule has 36 heavy (non-hydrogen) atoms. The highest BCUT2D eigenvalue weighted by Crippen LogP contribution is 2.31. The maximum absolute atomic E-state index is 13.6. The largest absolute Gasteiger partial charge is 0.352 e. The molecule has 0 aromatic heterocycles. The molecule has 0 aliphatic rings. The molecule has 184 valence electrons. The normalized spacial score (nSPS) is 11.2. The molecule has 0 radical (unpaired) electrons. The van der Waals surface area contributed by atoms with Gasteiger partial charge in [0, 0.05) is 17.1 Å². The van der Waals surface area contributed by atoms with E-state index in [0.29, 0.717) is 22.8 Å². The minimum atomic E-state index is -3.86. The highest BCUT2D eigenvalue weighted by molar-refractivity contribution is 7.92. The Morgan fingerprint density at radius 3 is 2.14 bits per heavy atom. The van der Waals surface area contributed by atoms with Crippen molar-refractivity contribution in [2.75, 3.05) is 10.8 Å². The number of anilines is 1. The van der Waals surface area contributed by atoms with Crippen molar-refractivity contribution in [2.24, 2.45) is 0 Å². The van der Waals surface area contributed by atoms with Gasteiger partial charge in [0.05, 0.1) is 17.1 Å². The smallest absolute Gasteiger partial charge is 0.264 e. The number of aryl methyl sites for hydroxylation is 1. The summed E-state index contributed by atoms with van der Waals surface area (Å²) in [6, 6.07) is 30.5. The summed E-state index contributed by atoms with van der Waals surface area (Å²) in [6.07, 6.45) is 0.746. The topological polar surface area (TPSA) is 66.5 Å². The third kappa shape index (κ3) is 6.14. The van der Waals surface area contributed by atoms with Gasteiger partial charge in [-0.15, -0.1) is 0 Å². The van der Waals surface area contributed by atoms with Gasteiger partial charge in [0.25, 0.3) is 15.9 Å². The third-order valence-electron chi connectivity index (χ3n) is 5.86. The average Bonchev–Trinajstić information content (AvgIpc) is 2.90. The first-order chi connectivity index (χ1) is 17.3. The second-order valence-corrected chi connectivity index (χ2v) is 10.7. The van der Waals surface area contributed by atoms with Gasteiger partial charge in [-0.1, -0.05) is 78.3 Å². The fraction of sp³-hybridized carbons (Fsp3) is 0.138. The van der Waals surface area contributed by atoms with Crippen LogP contribution in [-0.4, -0.2) is 20.9 Å². The van der Waals surface area contributed by atoms with Crippen LogP contribution < -0.4 is 9.62 Å². The molecule has 0 spiro atoms. The number of sulfonamides is 1. The van der Waals surface area contributed by atoms with Crippen LogP contribution in [0.5, 0.6) is 0 Å². The molecule has 7 heteroatoms. The van der Waals surface area contributed by atoms with E-state index in [1.54, 1.807) is 72.8 Å². The Morgan fingerprint density at radius 1 is 0.833 bits per heavy atom. The first-order valence-electron chi connectivity index (χ1n) is 11.6. The fourth-order valence-electron chi connectivity index (χ4n) is 3.87. The van der Waals surface area contributed by atoms with Crippen molar-refractivity contribution < 1.29 is 13.2 Å². The summed E-state index contributed by atoms with van der Waals surface area (Å²) in [5, 5.41) is 3.38. The van der Waals surface area contributed by atoms with Crippen molar-refractivity contribution in [1.82, 2.24) is 5.32 Å². The summed E-state index contributed by atoms with van der Waals surface area (Å²) in [6.45, 7) is 2.47. The van der Waals surface area contributed by atoms with E-state index in [4.69, 9.17) is 11.6 Å². The minimum absolute atomic E-state index is 0.0916. The van der Waals surface area contributed by atoms with Crippen molar-refractivity contribution in [1.29, 1.82) is 0 Å². The standard InChI is InChI=1S/C29H27ClN2O3S/c1-22-12-17-26(30)20-28(22)32(36(34,35)27-10-6-3-7-11-27)21-24-13-15-25(16-14-24)29(33)31-19-18-23-8-4-2-5-9-23/h2-17,20H,18-19,21H2,1H3,(H,31,33). The molecule has 0 saturated carbocycles. The molecule has 5 nitrogen and oxygen atoms in total. The summed E-state index contributed by atoms with van der Waals surface area (Å²) < 4.78 is 28.6. The predicted molar refractivity (Wildman–Crippen MR) is 145 cm³/mol.